The van der Waals surface area contributed by atoms with Crippen LogP contribution in [-0.2, 0) is 17.6 Å². The van der Waals surface area contributed by atoms with E-state index in [4.69, 9.17) is 11.6 Å². The van der Waals surface area contributed by atoms with E-state index in [-0.39, 0.29) is 11.7 Å². The van der Waals surface area contributed by atoms with Crippen molar-refractivity contribution in [2.75, 3.05) is 5.88 Å². The fourth-order valence-electron chi connectivity index (χ4n) is 1.49. The van der Waals surface area contributed by atoms with E-state index in [1.54, 1.807) is 6.92 Å². The lowest BCUT2D eigenvalue weighted by atomic mass is 10.0. The summed E-state index contributed by atoms with van der Waals surface area (Å²) in [5.74, 6) is 0.466. The number of hydrogen-bond acceptors (Lipinski definition) is 2. The number of halogens is 1. The molecule has 0 spiro atoms. The number of hydrogen-bond donors (Lipinski definition) is 1. The van der Waals surface area contributed by atoms with Crippen molar-refractivity contribution in [2.24, 2.45) is 0 Å². The number of ketones is 1. The van der Waals surface area contributed by atoms with Gasteiger partial charge in [0.1, 0.15) is 5.78 Å². The predicted molar refractivity (Wildman–Crippen MR) is 65.9 cm³/mol. The Bertz CT molecular complexity index is 332. The van der Waals surface area contributed by atoms with Gasteiger partial charge in [-0.2, -0.15) is 0 Å². The number of carbonyl (C=O) groups is 1. The minimum Gasteiger partial charge on any atom is -0.392 e. The van der Waals surface area contributed by atoms with Crippen LogP contribution in [0.25, 0.3) is 0 Å². The second kappa shape index (κ2) is 6.66. The van der Waals surface area contributed by atoms with Gasteiger partial charge in [0.25, 0.3) is 0 Å². The maximum atomic E-state index is 10.8. The number of aliphatic hydroxyl groups excluding tert-OH is 1. The van der Waals surface area contributed by atoms with E-state index in [1.807, 2.05) is 24.3 Å². The highest BCUT2D eigenvalue weighted by Crippen LogP contribution is 2.09. The average molecular weight is 241 g/mol. The van der Waals surface area contributed by atoms with Gasteiger partial charge in [-0.3, -0.25) is 0 Å². The lowest BCUT2D eigenvalue weighted by Gasteiger charge is -2.07. The smallest absolute Gasteiger partial charge is 0.130 e. The van der Waals surface area contributed by atoms with Crippen LogP contribution in [-0.4, -0.2) is 22.9 Å². The Hall–Kier alpha value is -0.860. The maximum absolute atomic E-state index is 10.8. The Morgan fingerprint density at radius 1 is 1.31 bits per heavy atom. The summed E-state index contributed by atoms with van der Waals surface area (Å²) < 4.78 is 0. The summed E-state index contributed by atoms with van der Waals surface area (Å²) in [5, 5.41) is 9.38. The number of aryl methyl sites for hydroxylation is 1. The lowest BCUT2D eigenvalue weighted by molar-refractivity contribution is -0.116. The molecule has 0 aliphatic heterocycles. The summed E-state index contributed by atoms with van der Waals surface area (Å²) in [7, 11) is 0. The normalized spacial score (nSPS) is 12.4. The van der Waals surface area contributed by atoms with E-state index in [2.05, 4.69) is 0 Å². The lowest BCUT2D eigenvalue weighted by Crippen LogP contribution is -2.11. The summed E-state index contributed by atoms with van der Waals surface area (Å²) in [6, 6.07) is 7.95. The first-order chi connectivity index (χ1) is 7.61. The van der Waals surface area contributed by atoms with Gasteiger partial charge < -0.3 is 9.90 Å². The Morgan fingerprint density at radius 2 is 1.88 bits per heavy atom. The first-order valence-corrected chi connectivity index (χ1v) is 5.96. The van der Waals surface area contributed by atoms with Crippen LogP contribution in [0, 0.1) is 0 Å². The molecule has 0 fully saturated rings. The van der Waals surface area contributed by atoms with Gasteiger partial charge in [0.2, 0.25) is 0 Å². The van der Waals surface area contributed by atoms with Gasteiger partial charge in [0.05, 0.1) is 6.10 Å². The first kappa shape index (κ1) is 13.2. The van der Waals surface area contributed by atoms with Crippen LogP contribution in [0.1, 0.15) is 24.5 Å². The first-order valence-electron chi connectivity index (χ1n) is 5.43. The van der Waals surface area contributed by atoms with Crippen molar-refractivity contribution in [1.29, 1.82) is 0 Å². The van der Waals surface area contributed by atoms with Crippen LogP contribution in [0.3, 0.4) is 0 Å². The van der Waals surface area contributed by atoms with Crippen LogP contribution >= 0.6 is 11.6 Å². The zero-order chi connectivity index (χ0) is 12.0. The van der Waals surface area contributed by atoms with Crippen LogP contribution in [0.4, 0.5) is 0 Å². The molecule has 2 nitrogen and oxygen atoms in total. The highest BCUT2D eigenvalue weighted by Gasteiger charge is 2.03. The minimum absolute atomic E-state index is 0.210. The van der Waals surface area contributed by atoms with Crippen LogP contribution in [0.15, 0.2) is 24.3 Å². The molecule has 1 aromatic rings. The number of aliphatic hydroxyl groups is 1. The third-order valence-corrected chi connectivity index (χ3v) is 2.79. The molecule has 0 radical (unpaired) electrons. The molecule has 0 bridgehead atoms. The highest BCUT2D eigenvalue weighted by atomic mass is 35.5. The fraction of sp³-hybridized carbons (Fsp3) is 0.462. The monoisotopic (exact) mass is 240 g/mol. The zero-order valence-corrected chi connectivity index (χ0v) is 10.2. The van der Waals surface area contributed by atoms with Gasteiger partial charge in [0.15, 0.2) is 0 Å². The molecule has 0 aromatic heterocycles. The highest BCUT2D eigenvalue weighted by molar-refractivity contribution is 6.18. The minimum atomic E-state index is -0.482. The molecule has 0 aliphatic carbocycles. The summed E-state index contributed by atoms with van der Waals surface area (Å²) in [4.78, 5) is 10.8. The number of Topliss-reactive ketones (excluding diaryl/α,β-unsaturated/α-hetero) is 1. The van der Waals surface area contributed by atoms with Gasteiger partial charge in [-0.1, -0.05) is 24.3 Å². The van der Waals surface area contributed by atoms with Crippen LogP contribution < -0.4 is 0 Å². The summed E-state index contributed by atoms with van der Waals surface area (Å²) in [6.07, 6.45) is 1.47. The van der Waals surface area contributed by atoms with E-state index in [1.165, 1.54) is 0 Å². The molecule has 0 saturated carbocycles. The Balaban J connectivity index is 2.50. The van der Waals surface area contributed by atoms with Crippen LogP contribution in [0.2, 0.25) is 0 Å². The van der Waals surface area contributed by atoms with Crippen molar-refractivity contribution in [1.82, 2.24) is 0 Å². The number of alkyl halides is 1. The molecule has 0 amide bonds. The molecule has 1 atom stereocenters. The standard InChI is InChI=1S/C13H17ClO2/c1-10(15)2-3-11-4-6-12(7-5-11)8-13(16)9-14/h4-7,13,16H,2-3,8-9H2,1H3/t13-/m1/s1. The van der Waals surface area contributed by atoms with Crippen molar-refractivity contribution in [3.05, 3.63) is 35.4 Å². The summed E-state index contributed by atoms with van der Waals surface area (Å²) >= 11 is 5.53. The van der Waals surface area contributed by atoms with Crippen LogP contribution in [0.5, 0.6) is 0 Å². The number of carbonyl (C=O) groups excluding carboxylic acids is 1. The van der Waals surface area contributed by atoms with Gasteiger partial charge in [-0.15, -0.1) is 11.6 Å². The predicted octanol–water partition coefficient (Wildman–Crippen LogP) is 2.35. The van der Waals surface area contributed by atoms with E-state index in [0.29, 0.717) is 12.8 Å². The second-order valence-corrected chi connectivity index (χ2v) is 4.34. The Kier molecular flexibility index (Phi) is 5.50. The van der Waals surface area contributed by atoms with E-state index in [0.717, 1.165) is 17.5 Å². The van der Waals surface area contributed by atoms with Crippen molar-refractivity contribution in [2.45, 2.75) is 32.3 Å². The molecule has 88 valence electrons. The molecule has 1 aromatic carbocycles. The quantitative estimate of drug-likeness (QED) is 0.775. The number of rotatable bonds is 6. The SMILES string of the molecule is CC(=O)CCc1ccc(C[C@@H](O)CCl)cc1. The van der Waals surface area contributed by atoms with Gasteiger partial charge >= 0.3 is 0 Å². The second-order valence-electron chi connectivity index (χ2n) is 4.03. The third kappa shape index (κ3) is 4.77. The summed E-state index contributed by atoms with van der Waals surface area (Å²) in [5.41, 5.74) is 2.22. The molecule has 1 rings (SSSR count). The van der Waals surface area contributed by atoms with Crippen molar-refractivity contribution < 1.29 is 9.90 Å². The maximum Gasteiger partial charge on any atom is 0.130 e. The largest absolute Gasteiger partial charge is 0.392 e. The average Bonchev–Trinajstić information content (AvgIpc) is 2.28. The Morgan fingerprint density at radius 3 is 2.38 bits per heavy atom. The molecule has 3 heteroatoms. The van der Waals surface area contributed by atoms with E-state index >= 15 is 0 Å². The van der Waals surface area contributed by atoms with E-state index in [9.17, 15) is 9.90 Å². The fourth-order valence-corrected chi connectivity index (χ4v) is 1.60. The molecule has 0 saturated heterocycles. The number of benzene rings is 1. The Labute approximate surface area is 101 Å². The van der Waals surface area contributed by atoms with Crippen molar-refractivity contribution >= 4 is 17.4 Å². The molecule has 0 heterocycles. The molecule has 1 N–H and O–H groups in total. The van der Waals surface area contributed by atoms with Gasteiger partial charge in [0, 0.05) is 12.3 Å². The molecule has 0 unspecified atom stereocenters. The van der Waals surface area contributed by atoms with Gasteiger partial charge in [-0.25, -0.2) is 0 Å². The third-order valence-electron chi connectivity index (χ3n) is 2.44. The molecule has 0 aliphatic rings. The topological polar surface area (TPSA) is 37.3 Å². The van der Waals surface area contributed by atoms with Gasteiger partial charge in [-0.05, 0) is 30.9 Å². The van der Waals surface area contributed by atoms with Crippen molar-refractivity contribution in [3.8, 4) is 0 Å². The molecule has 16 heavy (non-hydrogen) atoms. The molecular formula is C13H17ClO2. The molecular weight excluding hydrogens is 224 g/mol. The zero-order valence-electron chi connectivity index (χ0n) is 9.45. The van der Waals surface area contributed by atoms with E-state index < -0.39 is 6.10 Å². The van der Waals surface area contributed by atoms with Crippen molar-refractivity contribution in [3.63, 3.8) is 0 Å². The summed E-state index contributed by atoms with van der Waals surface area (Å²) in [6.45, 7) is 1.60.